The summed E-state index contributed by atoms with van der Waals surface area (Å²) in [5.41, 5.74) is 0. The zero-order chi connectivity index (χ0) is 60.3. The summed E-state index contributed by atoms with van der Waals surface area (Å²) in [7, 11) is -9.88. The van der Waals surface area contributed by atoms with Crippen molar-refractivity contribution < 1.29 is 80.2 Å². The largest absolute Gasteiger partial charge is 0.472 e. The van der Waals surface area contributed by atoms with Crippen molar-refractivity contribution in [3.8, 4) is 0 Å². The van der Waals surface area contributed by atoms with Crippen LogP contribution in [-0.4, -0.2) is 96.7 Å². The van der Waals surface area contributed by atoms with Crippen molar-refractivity contribution in [1.82, 2.24) is 0 Å². The first-order chi connectivity index (χ1) is 38.7. The van der Waals surface area contributed by atoms with Crippen molar-refractivity contribution in [2.45, 2.75) is 317 Å². The molecule has 5 atom stereocenters. The number of phosphoric ester groups is 2. The summed E-state index contributed by atoms with van der Waals surface area (Å²) >= 11 is 0. The Morgan fingerprint density at radius 2 is 0.568 bits per heavy atom. The summed E-state index contributed by atoms with van der Waals surface area (Å²) in [6, 6.07) is 0. The second-order valence-electron chi connectivity index (χ2n) is 23.9. The molecule has 0 radical (unpaired) electrons. The number of carbonyl (C=O) groups is 4. The molecular weight excluding hydrogens is 1080 g/mol. The summed E-state index contributed by atoms with van der Waals surface area (Å²) in [4.78, 5) is 72.0. The molecule has 0 spiro atoms. The Bertz CT molecular complexity index is 1610. The zero-order valence-corrected chi connectivity index (χ0v) is 54.0. The van der Waals surface area contributed by atoms with Crippen LogP contribution in [0.4, 0.5) is 0 Å². The lowest BCUT2D eigenvalue weighted by atomic mass is 10.0. The zero-order valence-electron chi connectivity index (χ0n) is 52.2. The van der Waals surface area contributed by atoms with Gasteiger partial charge in [0, 0.05) is 25.7 Å². The number of phosphoric acid groups is 2. The maximum atomic E-state index is 13.0. The first-order valence-corrected chi connectivity index (χ1v) is 35.3. The Hall–Kier alpha value is -1.94. The summed E-state index contributed by atoms with van der Waals surface area (Å²) in [6.45, 7) is 11.6. The van der Waals surface area contributed by atoms with E-state index in [1.165, 1.54) is 103 Å². The number of aliphatic hydroxyl groups is 1. The fourth-order valence-electron chi connectivity index (χ4n) is 9.13. The summed E-state index contributed by atoms with van der Waals surface area (Å²) in [5.74, 6) is -0.0589. The highest BCUT2D eigenvalue weighted by molar-refractivity contribution is 7.47. The van der Waals surface area contributed by atoms with Gasteiger partial charge in [0.2, 0.25) is 0 Å². The molecule has 3 N–H and O–H groups in total. The van der Waals surface area contributed by atoms with Crippen LogP contribution >= 0.6 is 15.6 Å². The molecule has 0 bridgehead atoms. The van der Waals surface area contributed by atoms with Crippen LogP contribution in [0.25, 0.3) is 0 Å². The van der Waals surface area contributed by atoms with Crippen LogP contribution in [0, 0.1) is 17.8 Å². The maximum absolute atomic E-state index is 13.0. The van der Waals surface area contributed by atoms with Gasteiger partial charge < -0.3 is 33.8 Å². The van der Waals surface area contributed by atoms with Gasteiger partial charge in [-0.05, 0) is 43.4 Å². The van der Waals surface area contributed by atoms with E-state index in [0.717, 1.165) is 102 Å². The SMILES string of the molecule is CCCCCCCCCCCCCC(=O)OC[C@H](COP(=O)(O)OC[C@@H](O)COP(=O)(O)OC[C@@H](COC(=O)CCCCCCCCC(C)C)OC(=O)CCCCCCCCC(C)C)OC(=O)CCCCCCCCCCCC(C)C. The Morgan fingerprint density at radius 3 is 0.840 bits per heavy atom. The van der Waals surface area contributed by atoms with Crippen LogP contribution < -0.4 is 0 Å². The standard InChI is InChI=1S/C62H120O17P2/c1-8-9-10-11-12-13-14-17-20-29-36-43-59(64)72-49-57(78-61(66)45-38-31-21-18-15-16-19-26-33-40-53(2)3)51-76-80(68,69)74-47-56(63)48-75-81(70,71)77-52-58(79-62(67)46-39-32-25-23-28-35-42-55(6)7)50-73-60(65)44-37-30-24-22-27-34-41-54(4)5/h53-58,63H,8-52H2,1-7H3,(H,68,69)(H,70,71)/t56-,57-,58-/m1/s1. The fourth-order valence-corrected chi connectivity index (χ4v) is 10.7. The van der Waals surface area contributed by atoms with Crippen molar-refractivity contribution in [3.05, 3.63) is 0 Å². The summed E-state index contributed by atoms with van der Waals surface area (Å²) in [5, 5.41) is 10.5. The molecule has 0 aliphatic heterocycles. The van der Waals surface area contributed by atoms with E-state index in [1.807, 2.05) is 0 Å². The van der Waals surface area contributed by atoms with Gasteiger partial charge in [0.15, 0.2) is 12.2 Å². The van der Waals surface area contributed by atoms with E-state index in [4.69, 9.17) is 37.0 Å². The minimum absolute atomic E-state index is 0.101. The lowest BCUT2D eigenvalue weighted by Crippen LogP contribution is -2.30. The second-order valence-corrected chi connectivity index (χ2v) is 26.8. The number of unbranched alkanes of at least 4 members (excludes halogenated alkanes) is 28. The Morgan fingerprint density at radius 1 is 0.333 bits per heavy atom. The third kappa shape index (κ3) is 56.9. The van der Waals surface area contributed by atoms with Gasteiger partial charge in [-0.1, -0.05) is 248 Å². The molecule has 0 fully saturated rings. The number of ether oxygens (including phenoxy) is 4. The van der Waals surface area contributed by atoms with Gasteiger partial charge >= 0.3 is 39.5 Å². The highest BCUT2D eigenvalue weighted by Crippen LogP contribution is 2.45. The van der Waals surface area contributed by atoms with Gasteiger partial charge in [0.05, 0.1) is 26.4 Å². The van der Waals surface area contributed by atoms with Gasteiger partial charge in [-0.25, -0.2) is 9.13 Å². The van der Waals surface area contributed by atoms with Crippen molar-refractivity contribution in [2.24, 2.45) is 17.8 Å². The molecule has 0 aromatic heterocycles. The molecule has 81 heavy (non-hydrogen) atoms. The Balaban J connectivity index is 5.24. The molecule has 0 saturated carbocycles. The van der Waals surface area contributed by atoms with Crippen LogP contribution in [0.3, 0.4) is 0 Å². The molecule has 19 heteroatoms. The first kappa shape index (κ1) is 79.1. The van der Waals surface area contributed by atoms with E-state index < -0.39 is 97.5 Å². The number of hydrogen-bond donors (Lipinski definition) is 3. The molecule has 0 aromatic carbocycles. The molecule has 0 aliphatic rings. The van der Waals surface area contributed by atoms with Crippen molar-refractivity contribution in [1.29, 1.82) is 0 Å². The van der Waals surface area contributed by atoms with E-state index in [0.29, 0.717) is 37.5 Å². The van der Waals surface area contributed by atoms with Crippen LogP contribution in [0.1, 0.15) is 299 Å². The molecule has 480 valence electrons. The topological polar surface area (TPSA) is 237 Å². The molecule has 0 saturated heterocycles. The Kier molecular flexibility index (Phi) is 52.2. The predicted molar refractivity (Wildman–Crippen MR) is 321 cm³/mol. The minimum Gasteiger partial charge on any atom is -0.462 e. The normalized spacial score (nSPS) is 14.4. The second kappa shape index (κ2) is 53.5. The average molecular weight is 1200 g/mol. The summed E-state index contributed by atoms with van der Waals surface area (Å²) in [6.07, 6.45) is 33.8. The van der Waals surface area contributed by atoms with Crippen LogP contribution in [0.15, 0.2) is 0 Å². The lowest BCUT2D eigenvalue weighted by molar-refractivity contribution is -0.161. The van der Waals surface area contributed by atoms with Gasteiger partial charge in [-0.3, -0.25) is 37.3 Å². The van der Waals surface area contributed by atoms with Crippen molar-refractivity contribution >= 4 is 39.5 Å². The minimum atomic E-state index is -4.94. The summed E-state index contributed by atoms with van der Waals surface area (Å²) < 4.78 is 67.8. The van der Waals surface area contributed by atoms with Crippen molar-refractivity contribution in [3.63, 3.8) is 0 Å². The fraction of sp³-hybridized carbons (Fsp3) is 0.935. The number of hydrogen-bond acceptors (Lipinski definition) is 15. The molecular formula is C62H120O17P2. The van der Waals surface area contributed by atoms with Crippen LogP contribution in [0.5, 0.6) is 0 Å². The predicted octanol–water partition coefficient (Wildman–Crippen LogP) is 16.7. The average Bonchev–Trinajstić information content (AvgIpc) is 3.41. The molecule has 2 unspecified atom stereocenters. The molecule has 0 aromatic rings. The van der Waals surface area contributed by atoms with Gasteiger partial charge in [0.25, 0.3) is 0 Å². The smallest absolute Gasteiger partial charge is 0.462 e. The van der Waals surface area contributed by atoms with Crippen LogP contribution in [0.2, 0.25) is 0 Å². The van der Waals surface area contributed by atoms with Gasteiger partial charge in [-0.15, -0.1) is 0 Å². The van der Waals surface area contributed by atoms with E-state index in [1.54, 1.807) is 0 Å². The third-order valence-electron chi connectivity index (χ3n) is 14.1. The molecule has 0 amide bonds. The number of carbonyl (C=O) groups excluding carboxylic acids is 4. The molecule has 0 rings (SSSR count). The van der Waals surface area contributed by atoms with E-state index in [2.05, 4.69) is 48.5 Å². The molecule has 0 aliphatic carbocycles. The lowest BCUT2D eigenvalue weighted by Gasteiger charge is -2.21. The molecule has 0 heterocycles. The third-order valence-corrected chi connectivity index (χ3v) is 16.0. The maximum Gasteiger partial charge on any atom is 0.472 e. The van der Waals surface area contributed by atoms with E-state index in [-0.39, 0.29) is 25.7 Å². The van der Waals surface area contributed by atoms with E-state index >= 15 is 0 Å². The van der Waals surface area contributed by atoms with E-state index in [9.17, 15) is 43.2 Å². The van der Waals surface area contributed by atoms with Gasteiger partial charge in [0.1, 0.15) is 19.3 Å². The van der Waals surface area contributed by atoms with Crippen LogP contribution in [-0.2, 0) is 65.4 Å². The first-order valence-electron chi connectivity index (χ1n) is 32.3. The van der Waals surface area contributed by atoms with Gasteiger partial charge in [-0.2, -0.15) is 0 Å². The Labute approximate surface area is 492 Å². The highest BCUT2D eigenvalue weighted by Gasteiger charge is 2.30. The quantitative estimate of drug-likeness (QED) is 0.0222. The number of rotatable bonds is 60. The highest BCUT2D eigenvalue weighted by atomic mass is 31.2. The number of aliphatic hydroxyl groups excluding tert-OH is 1. The molecule has 17 nitrogen and oxygen atoms in total. The monoisotopic (exact) mass is 1200 g/mol. The van der Waals surface area contributed by atoms with Crippen molar-refractivity contribution in [2.75, 3.05) is 39.6 Å². The number of esters is 4.